The average molecular weight is 203 g/mol. The predicted molar refractivity (Wildman–Crippen MR) is 64.7 cm³/mol. The van der Waals surface area contributed by atoms with Gasteiger partial charge in [0.15, 0.2) is 0 Å². The second kappa shape index (κ2) is 5.32. The highest BCUT2D eigenvalue weighted by Crippen LogP contribution is 2.23. The van der Waals surface area contributed by atoms with E-state index in [0.29, 0.717) is 0 Å². The van der Waals surface area contributed by atoms with Crippen LogP contribution in [0.1, 0.15) is 38.2 Å². The van der Waals surface area contributed by atoms with Crippen LogP contribution >= 0.6 is 0 Å². The van der Waals surface area contributed by atoms with E-state index < -0.39 is 0 Å². The first-order valence-electron chi connectivity index (χ1n) is 6.12. The zero-order valence-corrected chi connectivity index (χ0v) is 9.58. The number of hydrogen-bond donors (Lipinski definition) is 1. The van der Waals surface area contributed by atoms with Crippen molar-refractivity contribution in [2.24, 2.45) is 5.92 Å². The molecule has 1 aromatic rings. The maximum Gasteiger partial charge on any atom is 0.0208 e. The van der Waals surface area contributed by atoms with Crippen LogP contribution in [0.3, 0.4) is 0 Å². The summed E-state index contributed by atoms with van der Waals surface area (Å²) in [6.07, 6.45) is 5.53. The first-order valence-corrected chi connectivity index (χ1v) is 6.12. The van der Waals surface area contributed by atoms with Crippen LogP contribution in [-0.4, -0.2) is 6.04 Å². The van der Waals surface area contributed by atoms with Crippen molar-refractivity contribution in [1.82, 2.24) is 5.32 Å². The second-order valence-corrected chi connectivity index (χ2v) is 4.84. The summed E-state index contributed by atoms with van der Waals surface area (Å²) in [5.41, 5.74) is 1.40. The van der Waals surface area contributed by atoms with Crippen molar-refractivity contribution in [1.29, 1.82) is 0 Å². The molecule has 0 aromatic heterocycles. The molecular weight excluding hydrogens is 182 g/mol. The van der Waals surface area contributed by atoms with E-state index in [0.717, 1.165) is 18.5 Å². The number of hydrogen-bond acceptors (Lipinski definition) is 1. The topological polar surface area (TPSA) is 12.0 Å². The summed E-state index contributed by atoms with van der Waals surface area (Å²) in [7, 11) is 0. The molecule has 0 amide bonds. The molecule has 1 aromatic carbocycles. The van der Waals surface area contributed by atoms with Crippen molar-refractivity contribution in [2.45, 2.75) is 45.2 Å². The fraction of sp³-hybridized carbons (Fsp3) is 0.571. The fourth-order valence-electron chi connectivity index (χ4n) is 2.48. The third-order valence-electron chi connectivity index (χ3n) is 3.37. The number of nitrogens with one attached hydrogen (secondary N) is 1. The van der Waals surface area contributed by atoms with Crippen LogP contribution in [0.15, 0.2) is 30.3 Å². The van der Waals surface area contributed by atoms with Gasteiger partial charge >= 0.3 is 0 Å². The number of rotatable bonds is 3. The smallest absolute Gasteiger partial charge is 0.0208 e. The summed E-state index contributed by atoms with van der Waals surface area (Å²) < 4.78 is 0. The first kappa shape index (κ1) is 10.7. The van der Waals surface area contributed by atoms with Gasteiger partial charge in [-0.2, -0.15) is 0 Å². The molecule has 1 N–H and O–H groups in total. The molecule has 1 nitrogen and oxygen atoms in total. The molecule has 0 bridgehead atoms. The molecule has 0 spiro atoms. The van der Waals surface area contributed by atoms with Crippen LogP contribution in [0, 0.1) is 5.92 Å². The largest absolute Gasteiger partial charge is 0.310 e. The lowest BCUT2D eigenvalue weighted by molar-refractivity contribution is 0.300. The van der Waals surface area contributed by atoms with Gasteiger partial charge in [0.25, 0.3) is 0 Å². The predicted octanol–water partition coefficient (Wildman–Crippen LogP) is 3.35. The van der Waals surface area contributed by atoms with E-state index in [1.165, 1.54) is 31.2 Å². The number of benzene rings is 1. The van der Waals surface area contributed by atoms with Gasteiger partial charge in [-0.3, -0.25) is 0 Å². The third kappa shape index (κ3) is 3.35. The molecule has 15 heavy (non-hydrogen) atoms. The van der Waals surface area contributed by atoms with Crippen LogP contribution < -0.4 is 5.32 Å². The van der Waals surface area contributed by atoms with Gasteiger partial charge in [-0.05, 0) is 24.3 Å². The lowest BCUT2D eigenvalue weighted by Gasteiger charge is -2.27. The molecule has 82 valence electrons. The molecular formula is C14H21N. The maximum absolute atomic E-state index is 3.67. The van der Waals surface area contributed by atoms with Crippen molar-refractivity contribution in [3.63, 3.8) is 0 Å². The molecule has 0 heterocycles. The molecule has 0 radical (unpaired) electrons. The molecule has 1 fully saturated rings. The Morgan fingerprint density at radius 1 is 1.20 bits per heavy atom. The lowest BCUT2D eigenvalue weighted by Crippen LogP contribution is -2.33. The van der Waals surface area contributed by atoms with Crippen molar-refractivity contribution < 1.29 is 0 Å². The van der Waals surface area contributed by atoms with Crippen LogP contribution in [-0.2, 0) is 6.54 Å². The van der Waals surface area contributed by atoms with Gasteiger partial charge in [0.2, 0.25) is 0 Å². The van der Waals surface area contributed by atoms with E-state index in [-0.39, 0.29) is 0 Å². The minimum Gasteiger partial charge on any atom is -0.310 e. The quantitative estimate of drug-likeness (QED) is 0.794. The highest BCUT2D eigenvalue weighted by molar-refractivity contribution is 5.14. The standard InChI is InChI=1S/C14H21N/c1-12-6-5-9-14(10-12)15-11-13-7-3-2-4-8-13/h2-4,7-8,12,14-15H,5-6,9-11H2,1H3/t12-,14-/m1/s1. The van der Waals surface area contributed by atoms with Crippen LogP contribution in [0.2, 0.25) is 0 Å². The minimum absolute atomic E-state index is 0.744. The van der Waals surface area contributed by atoms with Gasteiger partial charge in [0, 0.05) is 12.6 Å². The molecule has 2 rings (SSSR count). The van der Waals surface area contributed by atoms with E-state index in [9.17, 15) is 0 Å². The van der Waals surface area contributed by atoms with E-state index >= 15 is 0 Å². The van der Waals surface area contributed by atoms with E-state index in [1.807, 2.05) is 0 Å². The first-order chi connectivity index (χ1) is 7.34. The molecule has 1 saturated carbocycles. The molecule has 1 aliphatic rings. The lowest BCUT2D eigenvalue weighted by atomic mass is 9.87. The van der Waals surface area contributed by atoms with E-state index in [1.54, 1.807) is 0 Å². The summed E-state index contributed by atoms with van der Waals surface area (Å²) in [6.45, 7) is 3.40. The fourth-order valence-corrected chi connectivity index (χ4v) is 2.48. The summed E-state index contributed by atoms with van der Waals surface area (Å²) in [5, 5.41) is 3.67. The summed E-state index contributed by atoms with van der Waals surface area (Å²) in [5.74, 6) is 0.909. The van der Waals surface area contributed by atoms with Gasteiger partial charge < -0.3 is 5.32 Å². The van der Waals surface area contributed by atoms with Gasteiger partial charge in [-0.25, -0.2) is 0 Å². The Hall–Kier alpha value is -0.820. The summed E-state index contributed by atoms with van der Waals surface area (Å²) >= 11 is 0. The van der Waals surface area contributed by atoms with Crippen molar-refractivity contribution >= 4 is 0 Å². The zero-order chi connectivity index (χ0) is 10.5. The molecule has 0 aliphatic heterocycles. The molecule has 0 saturated heterocycles. The Bertz CT molecular complexity index is 281. The summed E-state index contributed by atoms with van der Waals surface area (Å²) in [6, 6.07) is 11.4. The highest BCUT2D eigenvalue weighted by atomic mass is 14.9. The maximum atomic E-state index is 3.67. The average Bonchev–Trinajstić information content (AvgIpc) is 2.28. The SMILES string of the molecule is C[C@@H]1CCC[C@@H](NCc2ccccc2)C1. The Morgan fingerprint density at radius 3 is 2.73 bits per heavy atom. The minimum atomic E-state index is 0.744. The van der Waals surface area contributed by atoms with Crippen molar-refractivity contribution in [2.75, 3.05) is 0 Å². The van der Waals surface area contributed by atoms with Crippen LogP contribution in [0.4, 0.5) is 0 Å². The Morgan fingerprint density at radius 2 is 2.00 bits per heavy atom. The summed E-state index contributed by atoms with van der Waals surface area (Å²) in [4.78, 5) is 0. The normalized spacial score (nSPS) is 26.5. The van der Waals surface area contributed by atoms with E-state index in [4.69, 9.17) is 0 Å². The van der Waals surface area contributed by atoms with Crippen molar-refractivity contribution in [3.05, 3.63) is 35.9 Å². The van der Waals surface area contributed by atoms with E-state index in [2.05, 4.69) is 42.6 Å². The Labute approximate surface area is 92.9 Å². The highest BCUT2D eigenvalue weighted by Gasteiger charge is 2.17. The monoisotopic (exact) mass is 203 g/mol. The Kier molecular flexibility index (Phi) is 3.79. The van der Waals surface area contributed by atoms with Gasteiger partial charge in [0.1, 0.15) is 0 Å². The third-order valence-corrected chi connectivity index (χ3v) is 3.37. The molecule has 2 atom stereocenters. The molecule has 0 unspecified atom stereocenters. The molecule has 1 aliphatic carbocycles. The second-order valence-electron chi connectivity index (χ2n) is 4.84. The zero-order valence-electron chi connectivity index (χ0n) is 9.58. The Balaban J connectivity index is 1.78. The van der Waals surface area contributed by atoms with Crippen LogP contribution in [0.25, 0.3) is 0 Å². The van der Waals surface area contributed by atoms with Crippen molar-refractivity contribution in [3.8, 4) is 0 Å². The molecule has 1 heteroatoms. The van der Waals surface area contributed by atoms with Gasteiger partial charge in [-0.15, -0.1) is 0 Å². The van der Waals surface area contributed by atoms with Gasteiger partial charge in [-0.1, -0.05) is 50.1 Å². The van der Waals surface area contributed by atoms with Crippen LogP contribution in [0.5, 0.6) is 0 Å². The van der Waals surface area contributed by atoms with Gasteiger partial charge in [0.05, 0.1) is 0 Å².